The van der Waals surface area contributed by atoms with Crippen LogP contribution >= 0.6 is 11.6 Å². The number of hydrogen-bond acceptors (Lipinski definition) is 2. The lowest BCUT2D eigenvalue weighted by Crippen LogP contribution is -2.25. The summed E-state index contributed by atoms with van der Waals surface area (Å²) in [6.07, 6.45) is 0.960. The van der Waals surface area contributed by atoms with E-state index in [0.717, 1.165) is 6.42 Å². The standard InChI is InChI=1S/C12H18ClFN2/c1-4-11(7(2)3)16-12-6-9(14)8(13)5-10(12)15/h5-7,11,16H,4,15H2,1-3H3. The fourth-order valence-electron chi connectivity index (χ4n) is 1.63. The lowest BCUT2D eigenvalue weighted by atomic mass is 10.0. The smallest absolute Gasteiger partial charge is 0.143 e. The number of benzene rings is 1. The van der Waals surface area contributed by atoms with Crippen molar-refractivity contribution in [2.24, 2.45) is 5.92 Å². The molecule has 3 N–H and O–H groups in total. The van der Waals surface area contributed by atoms with Crippen molar-refractivity contribution in [2.75, 3.05) is 11.1 Å². The maximum atomic E-state index is 13.3. The fourth-order valence-corrected chi connectivity index (χ4v) is 1.80. The molecule has 0 spiro atoms. The highest BCUT2D eigenvalue weighted by molar-refractivity contribution is 6.31. The summed E-state index contributed by atoms with van der Waals surface area (Å²) in [5.41, 5.74) is 6.87. The number of hydrogen-bond donors (Lipinski definition) is 2. The Balaban J connectivity index is 2.92. The van der Waals surface area contributed by atoms with Gasteiger partial charge >= 0.3 is 0 Å². The van der Waals surface area contributed by atoms with Gasteiger partial charge in [0.15, 0.2) is 0 Å². The minimum Gasteiger partial charge on any atom is -0.397 e. The molecule has 1 atom stereocenters. The highest BCUT2D eigenvalue weighted by Crippen LogP contribution is 2.27. The minimum absolute atomic E-state index is 0.0562. The van der Waals surface area contributed by atoms with Crippen LogP contribution in [0, 0.1) is 11.7 Å². The van der Waals surface area contributed by atoms with E-state index in [1.807, 2.05) is 0 Å². The van der Waals surface area contributed by atoms with Gasteiger partial charge in [0.05, 0.1) is 16.4 Å². The second-order valence-electron chi connectivity index (χ2n) is 4.26. The van der Waals surface area contributed by atoms with Gasteiger partial charge in [-0.3, -0.25) is 0 Å². The van der Waals surface area contributed by atoms with Crippen molar-refractivity contribution in [1.29, 1.82) is 0 Å². The molecule has 0 heterocycles. The quantitative estimate of drug-likeness (QED) is 0.789. The zero-order chi connectivity index (χ0) is 12.3. The van der Waals surface area contributed by atoms with Crippen LogP contribution in [0.2, 0.25) is 5.02 Å². The molecule has 0 aliphatic carbocycles. The van der Waals surface area contributed by atoms with Gasteiger partial charge in [0.2, 0.25) is 0 Å². The first-order valence-corrected chi connectivity index (χ1v) is 5.84. The number of nitrogen functional groups attached to an aromatic ring is 1. The van der Waals surface area contributed by atoms with Crippen molar-refractivity contribution < 1.29 is 4.39 Å². The number of anilines is 2. The second kappa shape index (κ2) is 5.39. The van der Waals surface area contributed by atoms with Crippen LogP contribution in [0.4, 0.5) is 15.8 Å². The average Bonchev–Trinajstić information content (AvgIpc) is 2.21. The van der Waals surface area contributed by atoms with E-state index in [9.17, 15) is 4.39 Å². The summed E-state index contributed by atoms with van der Waals surface area (Å²) >= 11 is 5.64. The van der Waals surface area contributed by atoms with E-state index < -0.39 is 5.82 Å². The van der Waals surface area contributed by atoms with E-state index in [1.54, 1.807) is 0 Å². The van der Waals surface area contributed by atoms with Gasteiger partial charge in [-0.15, -0.1) is 0 Å². The molecule has 0 saturated carbocycles. The average molecular weight is 245 g/mol. The van der Waals surface area contributed by atoms with Gasteiger partial charge in [0.25, 0.3) is 0 Å². The Labute approximate surface area is 101 Å². The van der Waals surface area contributed by atoms with E-state index in [0.29, 0.717) is 17.3 Å². The van der Waals surface area contributed by atoms with Crippen LogP contribution in [0.5, 0.6) is 0 Å². The van der Waals surface area contributed by atoms with Gasteiger partial charge in [0, 0.05) is 12.1 Å². The van der Waals surface area contributed by atoms with Crippen LogP contribution in [0.3, 0.4) is 0 Å². The molecule has 0 radical (unpaired) electrons. The lowest BCUT2D eigenvalue weighted by molar-refractivity contribution is 0.511. The molecular weight excluding hydrogens is 227 g/mol. The number of nitrogens with two attached hydrogens (primary N) is 1. The molecular formula is C12H18ClFN2. The summed E-state index contributed by atoms with van der Waals surface area (Å²) in [6, 6.07) is 3.07. The van der Waals surface area contributed by atoms with Crippen molar-refractivity contribution in [3.8, 4) is 0 Å². The Morgan fingerprint density at radius 3 is 2.56 bits per heavy atom. The molecule has 2 nitrogen and oxygen atoms in total. The lowest BCUT2D eigenvalue weighted by Gasteiger charge is -2.23. The molecule has 1 rings (SSSR count). The maximum absolute atomic E-state index is 13.3. The normalized spacial score (nSPS) is 12.9. The molecule has 0 aromatic heterocycles. The van der Waals surface area contributed by atoms with Crippen LogP contribution in [-0.4, -0.2) is 6.04 Å². The first-order valence-electron chi connectivity index (χ1n) is 5.46. The number of nitrogens with one attached hydrogen (secondary N) is 1. The summed E-state index contributed by atoms with van der Waals surface area (Å²) in [5.74, 6) is 0.0140. The molecule has 1 aromatic carbocycles. The molecule has 0 saturated heterocycles. The van der Waals surface area contributed by atoms with Crippen molar-refractivity contribution in [2.45, 2.75) is 33.2 Å². The first-order chi connectivity index (χ1) is 7.45. The predicted molar refractivity (Wildman–Crippen MR) is 68.4 cm³/mol. The van der Waals surface area contributed by atoms with Crippen LogP contribution in [-0.2, 0) is 0 Å². The Morgan fingerprint density at radius 1 is 1.44 bits per heavy atom. The van der Waals surface area contributed by atoms with Gasteiger partial charge in [-0.2, -0.15) is 0 Å². The molecule has 4 heteroatoms. The summed E-state index contributed by atoms with van der Waals surface area (Å²) in [5, 5.41) is 3.30. The van der Waals surface area contributed by atoms with Gasteiger partial charge < -0.3 is 11.1 Å². The van der Waals surface area contributed by atoms with Crippen molar-refractivity contribution in [3.63, 3.8) is 0 Å². The highest BCUT2D eigenvalue weighted by atomic mass is 35.5. The maximum Gasteiger partial charge on any atom is 0.143 e. The molecule has 16 heavy (non-hydrogen) atoms. The van der Waals surface area contributed by atoms with Gasteiger partial charge in [-0.05, 0) is 18.4 Å². The molecule has 0 aliphatic rings. The van der Waals surface area contributed by atoms with Gasteiger partial charge in [0.1, 0.15) is 5.82 Å². The summed E-state index contributed by atoms with van der Waals surface area (Å²) in [7, 11) is 0. The SMILES string of the molecule is CCC(Nc1cc(F)c(Cl)cc1N)C(C)C. The van der Waals surface area contributed by atoms with Crippen LogP contribution in [0.1, 0.15) is 27.2 Å². The number of rotatable bonds is 4. The summed E-state index contributed by atoms with van der Waals surface area (Å²) < 4.78 is 13.3. The van der Waals surface area contributed by atoms with E-state index in [2.05, 4.69) is 26.1 Å². The molecule has 0 amide bonds. The largest absolute Gasteiger partial charge is 0.397 e. The molecule has 0 fully saturated rings. The van der Waals surface area contributed by atoms with E-state index >= 15 is 0 Å². The zero-order valence-corrected chi connectivity index (χ0v) is 10.6. The topological polar surface area (TPSA) is 38.0 Å². The Hall–Kier alpha value is -0.960. The Kier molecular flexibility index (Phi) is 4.42. The summed E-state index contributed by atoms with van der Waals surface area (Å²) in [4.78, 5) is 0. The Bertz CT molecular complexity index is 366. The van der Waals surface area contributed by atoms with E-state index in [-0.39, 0.29) is 11.1 Å². The van der Waals surface area contributed by atoms with Crippen LogP contribution in [0.25, 0.3) is 0 Å². The minimum atomic E-state index is -0.447. The number of halogens is 2. The van der Waals surface area contributed by atoms with Crippen LogP contribution in [0.15, 0.2) is 12.1 Å². The molecule has 1 unspecified atom stereocenters. The van der Waals surface area contributed by atoms with Crippen molar-refractivity contribution >= 4 is 23.0 Å². The third kappa shape index (κ3) is 3.01. The third-order valence-electron chi connectivity index (χ3n) is 2.68. The second-order valence-corrected chi connectivity index (χ2v) is 4.66. The molecule has 0 bridgehead atoms. The van der Waals surface area contributed by atoms with E-state index in [1.165, 1.54) is 12.1 Å². The Morgan fingerprint density at radius 2 is 2.06 bits per heavy atom. The third-order valence-corrected chi connectivity index (χ3v) is 2.97. The molecule has 90 valence electrons. The van der Waals surface area contributed by atoms with Crippen LogP contribution < -0.4 is 11.1 Å². The van der Waals surface area contributed by atoms with E-state index in [4.69, 9.17) is 17.3 Å². The highest BCUT2D eigenvalue weighted by Gasteiger charge is 2.13. The van der Waals surface area contributed by atoms with Gasteiger partial charge in [-0.25, -0.2) is 4.39 Å². The predicted octanol–water partition coefficient (Wildman–Crippen LogP) is 3.91. The zero-order valence-electron chi connectivity index (χ0n) is 9.85. The van der Waals surface area contributed by atoms with Crippen molar-refractivity contribution in [1.82, 2.24) is 0 Å². The fraction of sp³-hybridized carbons (Fsp3) is 0.500. The molecule has 1 aromatic rings. The van der Waals surface area contributed by atoms with Gasteiger partial charge in [-0.1, -0.05) is 32.4 Å². The monoisotopic (exact) mass is 244 g/mol. The van der Waals surface area contributed by atoms with Crippen molar-refractivity contribution in [3.05, 3.63) is 23.0 Å². The molecule has 0 aliphatic heterocycles. The first kappa shape index (κ1) is 13.1. The summed E-state index contributed by atoms with van der Waals surface area (Å²) in [6.45, 7) is 6.31.